The number of H-pyrrole nitrogens is 5. The molecule has 3 aromatic carbocycles. The molecule has 622 valence electrons. The number of thiazole rings is 5. The van der Waals surface area contributed by atoms with Crippen LogP contribution in [-0.4, -0.2) is 156 Å². The van der Waals surface area contributed by atoms with Gasteiger partial charge in [-0.1, -0.05) is 103 Å². The molecule has 31 nitrogen and oxygen atoms in total. The number of hydrogen-bond acceptors (Lipinski definition) is 27. The SMILES string of the molecule is CCOc1nc(-c2c(C)nn3ccccc23)sc1-c1ncn[nH]1.Cc1nn2ccccc2c1-c1nc(-c2cccc(F)c2)c(-c2ncn[nH]2)s1.Cc1nn2ccccc2c1-c1nc(-c2ccsc2)c(-c2ncn[nH]2)s1.Cc1nn2ccccc2c1-c1nc(Cc2ccccc2)c(-c2ncn[nH]2)s1.c1ccc(-c2nc(-c3cnn4ccccc34)sc2-c2ncn[nH]2)cc1. The summed E-state index contributed by atoms with van der Waals surface area (Å²) >= 11 is 9.48. The van der Waals surface area contributed by atoms with Crippen LogP contribution < -0.4 is 4.74 Å². The molecular formula is C89H67FN30OS6. The summed E-state index contributed by atoms with van der Waals surface area (Å²) in [6.07, 6.45) is 19.8. The molecule has 0 saturated carbocycles. The van der Waals surface area contributed by atoms with Crippen molar-refractivity contribution in [3.05, 3.63) is 301 Å². The van der Waals surface area contributed by atoms with Gasteiger partial charge in [0.2, 0.25) is 5.88 Å². The fourth-order valence-electron chi connectivity index (χ4n) is 14.5. The molecule has 0 aliphatic heterocycles. The first-order chi connectivity index (χ1) is 62.5. The molecule has 0 unspecified atom stereocenters. The smallest absolute Gasteiger partial charge is 0.236 e. The third-order valence-electron chi connectivity index (χ3n) is 20.1. The van der Waals surface area contributed by atoms with E-state index in [0.717, 1.165) is 180 Å². The van der Waals surface area contributed by atoms with Crippen LogP contribution in [0.25, 0.3) is 168 Å². The van der Waals surface area contributed by atoms with Crippen LogP contribution >= 0.6 is 68.0 Å². The summed E-state index contributed by atoms with van der Waals surface area (Å²) in [7, 11) is 0. The zero-order valence-corrected chi connectivity index (χ0v) is 72.6. The van der Waals surface area contributed by atoms with Gasteiger partial charge in [0.05, 0.1) is 133 Å². The Balaban J connectivity index is 0.000000100. The maximum Gasteiger partial charge on any atom is 0.236 e. The van der Waals surface area contributed by atoms with E-state index in [9.17, 15) is 4.39 Å². The molecular weight excluding hydrogens is 1720 g/mol. The predicted octanol–water partition coefficient (Wildman–Crippen LogP) is 19.6. The Labute approximate surface area is 743 Å². The number of aryl methyl sites for hydroxylation is 4. The minimum absolute atomic E-state index is 0.308. The highest BCUT2D eigenvalue weighted by Gasteiger charge is 2.28. The first kappa shape index (κ1) is 79.8. The van der Waals surface area contributed by atoms with Crippen molar-refractivity contribution in [1.82, 2.24) is 149 Å². The van der Waals surface area contributed by atoms with Crippen molar-refractivity contribution in [2.24, 2.45) is 0 Å². The van der Waals surface area contributed by atoms with Crippen LogP contribution in [0.2, 0.25) is 0 Å². The third kappa shape index (κ3) is 16.1. The number of hydrogen-bond donors (Lipinski definition) is 5. The van der Waals surface area contributed by atoms with Crippen molar-refractivity contribution in [2.45, 2.75) is 41.0 Å². The largest absolute Gasteiger partial charge is 0.477 e. The lowest BCUT2D eigenvalue weighted by molar-refractivity contribution is 0.330. The number of thiophene rings is 1. The first-order valence-electron chi connectivity index (χ1n) is 39.5. The van der Waals surface area contributed by atoms with Crippen LogP contribution in [0, 0.1) is 33.5 Å². The van der Waals surface area contributed by atoms with Gasteiger partial charge in [-0.05, 0) is 124 Å². The Kier molecular flexibility index (Phi) is 22.2. The number of benzene rings is 3. The minimum Gasteiger partial charge on any atom is -0.477 e. The lowest BCUT2D eigenvalue weighted by atomic mass is 10.1. The van der Waals surface area contributed by atoms with Crippen molar-refractivity contribution >= 4 is 95.6 Å². The average molecular weight is 1780 g/mol. The minimum atomic E-state index is -0.308. The van der Waals surface area contributed by atoms with Crippen LogP contribution in [0.3, 0.4) is 0 Å². The number of aromatic amines is 5. The van der Waals surface area contributed by atoms with E-state index in [4.69, 9.17) is 24.7 Å². The maximum absolute atomic E-state index is 13.8. The summed E-state index contributed by atoms with van der Waals surface area (Å²) in [5.41, 5.74) is 21.5. The van der Waals surface area contributed by atoms with Crippen molar-refractivity contribution in [3.63, 3.8) is 0 Å². The van der Waals surface area contributed by atoms with Gasteiger partial charge in [-0.3, -0.25) is 25.5 Å². The quantitative estimate of drug-likeness (QED) is 0.0565. The van der Waals surface area contributed by atoms with Crippen molar-refractivity contribution in [3.8, 4) is 146 Å². The van der Waals surface area contributed by atoms with E-state index in [1.54, 1.807) is 51.4 Å². The maximum atomic E-state index is 13.8. The number of aromatic nitrogens is 30. The molecule has 5 N–H and O–H groups in total. The van der Waals surface area contributed by atoms with Crippen LogP contribution in [0.4, 0.5) is 4.39 Å². The molecule has 21 aromatic heterocycles. The van der Waals surface area contributed by atoms with Crippen LogP contribution in [0.1, 0.15) is 41.0 Å². The standard InChI is InChI=1S/C20H16N6S.C19H13FN6S.C18H12N6S.C17H12N6S2.C15H14N6OS/c1-13-17(16-9-5-6-10-26(16)25-13)20-23-15(11-14-7-3-2-4-8-14)18(27-20)19-21-12-22-24-19;1-11-15(14-7-2-3-8-26(14)25-11)19-23-16(12-5-4-6-13(20)9-12)17(27-19)18-21-10-22-24-18;1-2-6-12(7-3-1)15-16(17-19-11-20-23-17)25-18(22-15)13-10-21-24-9-5-4-8-14(13)24;1-10-13(12-4-2-3-6-23(12)22-10)17-20-14(11-5-7-24-8-11)15(25-17)16-18-9-19-21-16;1-3-22-14-12(13-16-8-17-19-13)23-15(18-14)11-9(2)20-21-7-5-4-6-10(11)21/h2-10,12H,11H2,1H3,(H,21,22,24);2-10H,1H3,(H,21,22,24);1-11H,(H,19,20,23);2-9H,1H3,(H,18,19,21);4-8H,3H2,1-2H3,(H,16,17,19). The molecule has 0 saturated heterocycles. The van der Waals surface area contributed by atoms with Crippen LogP contribution in [-0.2, 0) is 6.42 Å². The summed E-state index contributed by atoms with van der Waals surface area (Å²) in [6, 6.07) is 59.0. The molecule has 21 heterocycles. The number of nitrogens with one attached hydrogen (secondary N) is 5. The van der Waals surface area contributed by atoms with Gasteiger partial charge in [0.15, 0.2) is 29.1 Å². The van der Waals surface area contributed by atoms with Crippen molar-refractivity contribution in [2.75, 3.05) is 6.61 Å². The summed E-state index contributed by atoms with van der Waals surface area (Å²) in [4.78, 5) is 50.4. The normalized spacial score (nSPS) is 11.3. The second-order valence-corrected chi connectivity index (χ2v) is 34.0. The van der Waals surface area contributed by atoms with Gasteiger partial charge in [-0.2, -0.15) is 62.3 Å². The number of halogens is 1. The molecule has 0 fully saturated rings. The zero-order valence-electron chi connectivity index (χ0n) is 67.7. The van der Waals surface area contributed by atoms with Gasteiger partial charge in [-0.15, -0.1) is 56.7 Å². The van der Waals surface area contributed by atoms with Crippen LogP contribution in [0.15, 0.2) is 262 Å². The summed E-state index contributed by atoms with van der Waals surface area (Å²) in [5.74, 6) is 3.73. The molecule has 0 aliphatic carbocycles. The third-order valence-corrected chi connectivity index (χ3v) is 26.3. The highest BCUT2D eigenvalue weighted by atomic mass is 32.1. The highest BCUT2D eigenvalue weighted by molar-refractivity contribution is 7.20. The van der Waals surface area contributed by atoms with E-state index in [0.29, 0.717) is 35.4 Å². The predicted molar refractivity (Wildman–Crippen MR) is 492 cm³/mol. The molecule has 24 rings (SSSR count). The van der Waals surface area contributed by atoms with Gasteiger partial charge in [0.1, 0.15) is 67.4 Å². The lowest BCUT2D eigenvalue weighted by Gasteiger charge is -2.00. The summed E-state index contributed by atoms with van der Waals surface area (Å²) < 4.78 is 28.8. The number of pyridine rings is 5. The van der Waals surface area contributed by atoms with E-state index < -0.39 is 0 Å². The first-order valence-corrected chi connectivity index (χ1v) is 44.5. The van der Waals surface area contributed by atoms with Gasteiger partial charge >= 0.3 is 0 Å². The van der Waals surface area contributed by atoms with Crippen molar-refractivity contribution < 1.29 is 9.13 Å². The summed E-state index contributed by atoms with van der Waals surface area (Å²) in [6.45, 7) is 10.5. The fraction of sp³-hybridized carbons (Fsp3) is 0.0787. The number of nitrogens with zero attached hydrogens (tertiary/aromatic N) is 25. The van der Waals surface area contributed by atoms with Gasteiger partial charge < -0.3 is 4.74 Å². The Morgan fingerprint density at radius 3 is 1.20 bits per heavy atom. The molecule has 0 bridgehead atoms. The fourth-order valence-corrected chi connectivity index (χ4v) is 20.7. The van der Waals surface area contributed by atoms with E-state index in [1.807, 2.05) is 216 Å². The molecule has 0 spiro atoms. The Bertz CT molecular complexity index is 7800. The highest BCUT2D eigenvalue weighted by Crippen LogP contribution is 2.47. The van der Waals surface area contributed by atoms with E-state index >= 15 is 0 Å². The Hall–Kier alpha value is -15.6. The van der Waals surface area contributed by atoms with Crippen molar-refractivity contribution in [1.29, 1.82) is 0 Å². The molecule has 0 aliphatic rings. The monoisotopic (exact) mass is 1780 g/mol. The molecule has 0 radical (unpaired) electrons. The van der Waals surface area contributed by atoms with E-state index in [-0.39, 0.29) is 5.82 Å². The molecule has 127 heavy (non-hydrogen) atoms. The Morgan fingerprint density at radius 2 is 0.748 bits per heavy atom. The molecule has 0 amide bonds. The van der Waals surface area contributed by atoms with E-state index in [2.05, 4.69) is 160 Å². The van der Waals surface area contributed by atoms with Crippen LogP contribution in [0.5, 0.6) is 5.88 Å². The van der Waals surface area contributed by atoms with E-state index in [1.165, 1.54) is 72.0 Å². The molecule has 38 heteroatoms. The molecule has 24 aromatic rings. The number of fused-ring (bicyclic) bond motifs is 5. The topological polar surface area (TPSA) is 368 Å². The zero-order chi connectivity index (χ0) is 85.9. The average Bonchev–Trinajstić information content (AvgIpc) is 1.67. The van der Waals surface area contributed by atoms with Gasteiger partial charge in [0, 0.05) is 59.5 Å². The number of ether oxygens (including phenoxy) is 1. The second kappa shape index (κ2) is 35.3. The second-order valence-electron chi connectivity index (χ2n) is 28.2. The summed E-state index contributed by atoms with van der Waals surface area (Å²) in [5, 5.41) is 65.8. The lowest BCUT2D eigenvalue weighted by Crippen LogP contribution is -1.93. The number of rotatable bonds is 17. The molecule has 0 atom stereocenters. The van der Waals surface area contributed by atoms with Gasteiger partial charge in [-0.25, -0.2) is 76.8 Å². The Morgan fingerprint density at radius 1 is 0.362 bits per heavy atom. The van der Waals surface area contributed by atoms with Gasteiger partial charge in [0.25, 0.3) is 0 Å².